The van der Waals surface area contributed by atoms with E-state index in [9.17, 15) is 5.11 Å². The van der Waals surface area contributed by atoms with Crippen molar-refractivity contribution in [3.05, 3.63) is 11.9 Å². The molecule has 25 heavy (non-hydrogen) atoms. The van der Waals surface area contributed by atoms with Gasteiger partial charge in [0.05, 0.1) is 17.4 Å². The Kier molecular flexibility index (Phi) is 7.35. The van der Waals surface area contributed by atoms with Crippen LogP contribution in [0.25, 0.3) is 0 Å². The van der Waals surface area contributed by atoms with Crippen molar-refractivity contribution in [2.24, 2.45) is 0 Å². The lowest BCUT2D eigenvalue weighted by Gasteiger charge is -2.32. The summed E-state index contributed by atoms with van der Waals surface area (Å²) in [6.07, 6.45) is 4.22. The van der Waals surface area contributed by atoms with E-state index in [4.69, 9.17) is 9.31 Å². The molecule has 1 aromatic rings. The van der Waals surface area contributed by atoms with Gasteiger partial charge in [0.2, 0.25) is 0 Å². The highest BCUT2D eigenvalue weighted by Gasteiger charge is 2.50. The van der Waals surface area contributed by atoms with Gasteiger partial charge in [0.1, 0.15) is 11.3 Å². The van der Waals surface area contributed by atoms with Crippen molar-refractivity contribution in [2.45, 2.75) is 70.2 Å². The summed E-state index contributed by atoms with van der Waals surface area (Å²) in [5.74, 6) is 0. The number of hydrogen-bond donors (Lipinski definition) is 2. The maximum absolute atomic E-state index is 10.5. The zero-order valence-electron chi connectivity index (χ0n) is 15.3. The number of aromatic nitrogens is 3. The number of halogens is 2. The fraction of sp³-hybridized carbons (Fsp3) is 0.867. The maximum atomic E-state index is 10.5. The fourth-order valence-corrected chi connectivity index (χ4v) is 3.02. The Bertz CT molecular complexity index is 549. The van der Waals surface area contributed by atoms with E-state index in [2.05, 4.69) is 43.3 Å². The Labute approximate surface area is 162 Å². The minimum absolute atomic E-state index is 0. The number of nitrogens with zero attached hydrogens (tertiary/aromatic N) is 3. The summed E-state index contributed by atoms with van der Waals surface area (Å²) < 4.78 is 13.8. The van der Waals surface area contributed by atoms with Gasteiger partial charge < -0.3 is 19.7 Å². The molecule has 1 unspecified atom stereocenters. The minimum Gasteiger partial charge on any atom is -0.403 e. The molecule has 3 heterocycles. The van der Waals surface area contributed by atoms with Gasteiger partial charge in [0.15, 0.2) is 0 Å². The van der Waals surface area contributed by atoms with E-state index in [0.29, 0.717) is 18.7 Å². The molecule has 0 spiro atoms. The zero-order valence-corrected chi connectivity index (χ0v) is 17.0. The number of β-amino-alcohol motifs (C(OH)–C–C–N with tert-alkyl or cyclic N) is 1. The first-order valence-electron chi connectivity index (χ1n) is 8.41. The summed E-state index contributed by atoms with van der Waals surface area (Å²) in [6.45, 7) is 10.3. The van der Waals surface area contributed by atoms with Gasteiger partial charge in [0.25, 0.3) is 0 Å². The Morgan fingerprint density at radius 3 is 2.44 bits per heavy atom. The average Bonchev–Trinajstić information content (AvgIpc) is 3.11. The second-order valence-electron chi connectivity index (χ2n) is 7.65. The smallest absolute Gasteiger partial charge is 0.403 e. The molecule has 7 nitrogen and oxygen atoms in total. The second kappa shape index (κ2) is 8.11. The van der Waals surface area contributed by atoms with Crippen molar-refractivity contribution in [2.75, 3.05) is 13.1 Å². The van der Waals surface area contributed by atoms with Gasteiger partial charge in [0, 0.05) is 13.1 Å². The molecular formula is C15H29BCl2N4O3. The molecule has 1 atom stereocenters. The van der Waals surface area contributed by atoms with Crippen LogP contribution in [0.2, 0.25) is 6.32 Å². The van der Waals surface area contributed by atoms with Crippen molar-refractivity contribution in [3.63, 3.8) is 0 Å². The lowest BCUT2D eigenvalue weighted by Crippen LogP contribution is -2.41. The van der Waals surface area contributed by atoms with Gasteiger partial charge in [-0.05, 0) is 53.4 Å². The quantitative estimate of drug-likeness (QED) is 0.741. The van der Waals surface area contributed by atoms with Crippen LogP contribution in [0.1, 0.15) is 46.2 Å². The lowest BCUT2D eigenvalue weighted by molar-refractivity contribution is 0.00578. The summed E-state index contributed by atoms with van der Waals surface area (Å²) in [5.41, 5.74) is -0.782. The Morgan fingerprint density at radius 2 is 1.88 bits per heavy atom. The monoisotopic (exact) mass is 394 g/mol. The first kappa shape index (κ1) is 22.7. The summed E-state index contributed by atoms with van der Waals surface area (Å²) in [6, 6.07) is 0. The molecular weight excluding hydrogens is 366 g/mol. The number of aryl methyl sites for hydroxylation is 1. The molecule has 0 bridgehead atoms. The van der Waals surface area contributed by atoms with Crippen LogP contribution in [0, 0.1) is 0 Å². The molecule has 2 fully saturated rings. The van der Waals surface area contributed by atoms with Gasteiger partial charge in [-0.15, -0.1) is 29.9 Å². The van der Waals surface area contributed by atoms with Gasteiger partial charge in [-0.2, -0.15) is 0 Å². The van der Waals surface area contributed by atoms with Crippen LogP contribution in [-0.2, 0) is 21.5 Å². The van der Waals surface area contributed by atoms with Crippen LogP contribution in [0.15, 0.2) is 6.20 Å². The van der Waals surface area contributed by atoms with E-state index >= 15 is 0 Å². The molecule has 0 radical (unpaired) electrons. The van der Waals surface area contributed by atoms with Gasteiger partial charge in [-0.3, -0.25) is 4.68 Å². The highest BCUT2D eigenvalue weighted by Crippen LogP contribution is 2.38. The molecule has 2 N–H and O–H groups in total. The van der Waals surface area contributed by atoms with Crippen molar-refractivity contribution >= 4 is 31.9 Å². The van der Waals surface area contributed by atoms with E-state index in [0.717, 1.165) is 25.8 Å². The predicted molar refractivity (Wildman–Crippen MR) is 101 cm³/mol. The first-order valence-corrected chi connectivity index (χ1v) is 8.41. The molecule has 0 saturated carbocycles. The van der Waals surface area contributed by atoms with Gasteiger partial charge in [-0.25, -0.2) is 0 Å². The van der Waals surface area contributed by atoms with Crippen molar-refractivity contribution < 1.29 is 14.4 Å². The summed E-state index contributed by atoms with van der Waals surface area (Å²) in [4.78, 5) is 0. The standard InChI is InChI=1S/C15H27BN4O3.2ClH/c1-13(2)14(3,4)23-16(22-13)7-5-9-20-10-12(18-19-20)15(21)6-8-17-11-15;;/h10,17,21H,5-9,11H2,1-4H3;2*1H. The van der Waals surface area contributed by atoms with Gasteiger partial charge >= 0.3 is 7.12 Å². The summed E-state index contributed by atoms with van der Waals surface area (Å²) in [7, 11) is -0.175. The minimum atomic E-state index is -0.871. The first-order chi connectivity index (χ1) is 10.7. The van der Waals surface area contributed by atoms with Crippen LogP contribution < -0.4 is 5.32 Å². The number of aliphatic hydroxyl groups is 1. The molecule has 0 aromatic carbocycles. The Morgan fingerprint density at radius 1 is 1.24 bits per heavy atom. The Balaban J connectivity index is 0.00000156. The summed E-state index contributed by atoms with van der Waals surface area (Å²) >= 11 is 0. The van der Waals surface area contributed by atoms with Crippen LogP contribution in [0.4, 0.5) is 0 Å². The molecule has 144 valence electrons. The molecule has 3 rings (SSSR count). The van der Waals surface area contributed by atoms with Crippen molar-refractivity contribution in [1.29, 1.82) is 0 Å². The van der Waals surface area contributed by atoms with Crippen molar-refractivity contribution in [1.82, 2.24) is 20.3 Å². The van der Waals surface area contributed by atoms with E-state index in [-0.39, 0.29) is 43.1 Å². The van der Waals surface area contributed by atoms with Crippen LogP contribution in [0.5, 0.6) is 0 Å². The average molecular weight is 395 g/mol. The third-order valence-corrected chi connectivity index (χ3v) is 5.28. The topological polar surface area (TPSA) is 81.4 Å². The van der Waals surface area contributed by atoms with E-state index in [1.807, 2.05) is 6.20 Å². The largest absolute Gasteiger partial charge is 0.457 e. The van der Waals surface area contributed by atoms with Crippen molar-refractivity contribution in [3.8, 4) is 0 Å². The molecule has 2 aliphatic rings. The molecule has 1 aromatic heterocycles. The molecule has 0 amide bonds. The lowest BCUT2D eigenvalue weighted by atomic mass is 9.83. The van der Waals surface area contributed by atoms with Crippen LogP contribution in [0.3, 0.4) is 0 Å². The van der Waals surface area contributed by atoms with E-state index in [1.54, 1.807) is 4.68 Å². The number of hydrogen-bond acceptors (Lipinski definition) is 6. The highest BCUT2D eigenvalue weighted by molar-refractivity contribution is 6.45. The van der Waals surface area contributed by atoms with Crippen LogP contribution >= 0.6 is 24.8 Å². The second-order valence-corrected chi connectivity index (χ2v) is 7.65. The molecule has 2 aliphatic heterocycles. The third kappa shape index (κ3) is 4.67. The zero-order chi connectivity index (χ0) is 16.7. The third-order valence-electron chi connectivity index (χ3n) is 5.28. The van der Waals surface area contributed by atoms with Gasteiger partial charge in [-0.1, -0.05) is 5.21 Å². The predicted octanol–water partition coefficient (Wildman–Crippen LogP) is 1.78. The van der Waals surface area contributed by atoms with E-state index in [1.165, 1.54) is 0 Å². The highest BCUT2D eigenvalue weighted by atomic mass is 35.5. The molecule has 10 heteroatoms. The summed E-state index contributed by atoms with van der Waals surface area (Å²) in [5, 5.41) is 21.9. The number of nitrogens with one attached hydrogen (secondary N) is 1. The van der Waals surface area contributed by atoms with Crippen LogP contribution in [-0.4, -0.2) is 51.5 Å². The SMILES string of the molecule is CC1(C)OB(CCCn2cc(C3(O)CCNC3)nn2)OC1(C)C.Cl.Cl. The fourth-order valence-electron chi connectivity index (χ4n) is 3.02. The normalized spacial score (nSPS) is 27.0. The Hall–Kier alpha value is -0.375. The maximum Gasteiger partial charge on any atom is 0.457 e. The van der Waals surface area contributed by atoms with E-state index < -0.39 is 5.60 Å². The number of rotatable bonds is 5. The molecule has 2 saturated heterocycles. The molecule has 0 aliphatic carbocycles.